The van der Waals surface area contributed by atoms with Crippen LogP contribution < -0.4 is 4.74 Å². The highest BCUT2D eigenvalue weighted by atomic mass is 16.5. The summed E-state index contributed by atoms with van der Waals surface area (Å²) in [6.45, 7) is 4.46. The number of Topliss-reactive ketones (excluding diaryl/α,β-unsaturated/α-hetero) is 1. The Balaban J connectivity index is 2.18. The van der Waals surface area contributed by atoms with E-state index in [1.165, 1.54) is 13.0 Å². The Morgan fingerprint density at radius 2 is 1.72 bits per heavy atom. The SMILES string of the molecule is CC(=O)c1c(O)cccc1OCC(O)COCCCCOCC(C)O. The molecule has 1 rings (SSSR count). The lowest BCUT2D eigenvalue weighted by Gasteiger charge is -2.15. The number of unbranched alkanes of at least 4 members (excludes halogenated alkanes) is 1. The minimum Gasteiger partial charge on any atom is -0.507 e. The molecule has 2 atom stereocenters. The van der Waals surface area contributed by atoms with Crippen molar-refractivity contribution in [1.82, 2.24) is 0 Å². The largest absolute Gasteiger partial charge is 0.507 e. The van der Waals surface area contributed by atoms with E-state index in [1.54, 1.807) is 19.1 Å². The van der Waals surface area contributed by atoms with Gasteiger partial charge in [-0.15, -0.1) is 0 Å². The monoisotopic (exact) mass is 356 g/mol. The Bertz CT molecular complexity index is 516. The predicted octanol–water partition coefficient (Wildman–Crippen LogP) is 1.53. The van der Waals surface area contributed by atoms with Gasteiger partial charge in [0.1, 0.15) is 29.8 Å². The van der Waals surface area contributed by atoms with Gasteiger partial charge in [0.2, 0.25) is 0 Å². The molecule has 0 aliphatic carbocycles. The van der Waals surface area contributed by atoms with Gasteiger partial charge in [-0.1, -0.05) is 6.07 Å². The maximum atomic E-state index is 11.5. The number of aromatic hydroxyl groups is 1. The van der Waals surface area contributed by atoms with E-state index >= 15 is 0 Å². The minimum atomic E-state index is -0.839. The number of rotatable bonds is 13. The summed E-state index contributed by atoms with van der Waals surface area (Å²) in [7, 11) is 0. The van der Waals surface area contributed by atoms with E-state index in [2.05, 4.69) is 0 Å². The van der Waals surface area contributed by atoms with Gasteiger partial charge >= 0.3 is 0 Å². The van der Waals surface area contributed by atoms with Crippen molar-refractivity contribution in [2.24, 2.45) is 0 Å². The number of carbonyl (C=O) groups is 1. The van der Waals surface area contributed by atoms with Crippen molar-refractivity contribution in [2.75, 3.05) is 33.0 Å². The zero-order valence-electron chi connectivity index (χ0n) is 14.8. The molecule has 0 fully saturated rings. The van der Waals surface area contributed by atoms with Crippen LogP contribution in [0.4, 0.5) is 0 Å². The molecule has 0 amide bonds. The molecule has 7 nitrogen and oxygen atoms in total. The van der Waals surface area contributed by atoms with Crippen LogP contribution in [-0.2, 0) is 9.47 Å². The fourth-order valence-corrected chi connectivity index (χ4v) is 2.11. The summed E-state index contributed by atoms with van der Waals surface area (Å²) in [5.74, 6) is -0.216. The lowest BCUT2D eigenvalue weighted by molar-refractivity contribution is 0.00677. The Kier molecular flexibility index (Phi) is 10.1. The van der Waals surface area contributed by atoms with E-state index in [4.69, 9.17) is 19.3 Å². The molecule has 0 radical (unpaired) electrons. The first-order chi connectivity index (χ1) is 11.9. The molecule has 2 unspecified atom stereocenters. The summed E-state index contributed by atoms with van der Waals surface area (Å²) in [5, 5.41) is 28.6. The van der Waals surface area contributed by atoms with Crippen molar-refractivity contribution < 1.29 is 34.3 Å². The predicted molar refractivity (Wildman–Crippen MR) is 92.2 cm³/mol. The summed E-state index contributed by atoms with van der Waals surface area (Å²) in [6.07, 6.45) is 0.300. The second-order valence-electron chi connectivity index (χ2n) is 5.88. The van der Waals surface area contributed by atoms with Gasteiger partial charge in [0.15, 0.2) is 5.78 Å². The van der Waals surface area contributed by atoms with Gasteiger partial charge in [0, 0.05) is 13.2 Å². The number of benzene rings is 1. The van der Waals surface area contributed by atoms with E-state index in [0.29, 0.717) is 19.8 Å². The molecule has 0 heterocycles. The van der Waals surface area contributed by atoms with E-state index in [-0.39, 0.29) is 36.1 Å². The van der Waals surface area contributed by atoms with E-state index in [0.717, 1.165) is 12.8 Å². The molecular weight excluding hydrogens is 328 g/mol. The Morgan fingerprint density at radius 1 is 1.08 bits per heavy atom. The van der Waals surface area contributed by atoms with Crippen molar-refractivity contribution in [1.29, 1.82) is 0 Å². The number of phenolic OH excluding ortho intramolecular Hbond substituents is 1. The number of hydrogen-bond donors (Lipinski definition) is 3. The van der Waals surface area contributed by atoms with Crippen molar-refractivity contribution in [2.45, 2.75) is 38.9 Å². The van der Waals surface area contributed by atoms with Crippen LogP contribution in [0.25, 0.3) is 0 Å². The number of phenols is 1. The second kappa shape index (κ2) is 11.8. The number of aliphatic hydroxyl groups excluding tert-OH is 2. The summed E-state index contributed by atoms with van der Waals surface area (Å²) in [4.78, 5) is 11.5. The summed E-state index contributed by atoms with van der Waals surface area (Å²) < 4.78 is 16.0. The summed E-state index contributed by atoms with van der Waals surface area (Å²) in [6, 6.07) is 4.55. The number of hydrogen-bond acceptors (Lipinski definition) is 7. The molecule has 0 aliphatic heterocycles. The molecule has 0 saturated heterocycles. The van der Waals surface area contributed by atoms with Gasteiger partial charge in [0.05, 0.1) is 19.3 Å². The Labute approximate surface area is 148 Å². The maximum absolute atomic E-state index is 11.5. The highest BCUT2D eigenvalue weighted by Crippen LogP contribution is 2.27. The highest BCUT2D eigenvalue weighted by Gasteiger charge is 2.15. The molecule has 7 heteroatoms. The lowest BCUT2D eigenvalue weighted by atomic mass is 10.1. The molecule has 1 aromatic carbocycles. The van der Waals surface area contributed by atoms with E-state index in [9.17, 15) is 15.0 Å². The fourth-order valence-electron chi connectivity index (χ4n) is 2.11. The molecule has 0 spiro atoms. The molecule has 0 bridgehead atoms. The third-order valence-corrected chi connectivity index (χ3v) is 3.28. The third kappa shape index (κ3) is 8.83. The van der Waals surface area contributed by atoms with Crippen molar-refractivity contribution >= 4 is 5.78 Å². The molecule has 1 aromatic rings. The number of ether oxygens (including phenoxy) is 3. The van der Waals surface area contributed by atoms with Crippen LogP contribution in [0.5, 0.6) is 11.5 Å². The molecule has 0 saturated carbocycles. The van der Waals surface area contributed by atoms with Crippen LogP contribution in [0, 0.1) is 0 Å². The topological polar surface area (TPSA) is 105 Å². The number of aliphatic hydroxyl groups is 2. The van der Waals surface area contributed by atoms with E-state index in [1.807, 2.05) is 0 Å². The quantitative estimate of drug-likeness (QED) is 0.363. The van der Waals surface area contributed by atoms with Gasteiger partial charge in [-0.3, -0.25) is 4.79 Å². The second-order valence-corrected chi connectivity index (χ2v) is 5.88. The average molecular weight is 356 g/mol. The van der Waals surface area contributed by atoms with Crippen molar-refractivity contribution in [3.8, 4) is 11.5 Å². The zero-order valence-corrected chi connectivity index (χ0v) is 14.8. The van der Waals surface area contributed by atoms with Crippen LogP contribution >= 0.6 is 0 Å². The highest BCUT2D eigenvalue weighted by molar-refractivity contribution is 5.99. The van der Waals surface area contributed by atoms with Gasteiger partial charge in [0.25, 0.3) is 0 Å². The summed E-state index contributed by atoms with van der Waals surface area (Å²) in [5.41, 5.74) is 0.104. The first kappa shape index (κ1) is 21.4. The molecular formula is C18H28O7. The van der Waals surface area contributed by atoms with Crippen LogP contribution in [0.15, 0.2) is 18.2 Å². The van der Waals surface area contributed by atoms with Crippen LogP contribution in [0.2, 0.25) is 0 Å². The number of carbonyl (C=O) groups excluding carboxylic acids is 1. The maximum Gasteiger partial charge on any atom is 0.167 e. The standard InChI is InChI=1S/C18H28O7/c1-13(19)10-23-8-3-4-9-24-11-15(21)12-25-17-7-5-6-16(22)18(17)14(2)20/h5-7,13,15,19,21-22H,3-4,8-12H2,1-2H3. The minimum absolute atomic E-state index is 0.0404. The van der Waals surface area contributed by atoms with Crippen LogP contribution in [-0.4, -0.2) is 66.3 Å². The molecule has 3 N–H and O–H groups in total. The van der Waals surface area contributed by atoms with Crippen LogP contribution in [0.3, 0.4) is 0 Å². The summed E-state index contributed by atoms with van der Waals surface area (Å²) >= 11 is 0. The van der Waals surface area contributed by atoms with E-state index < -0.39 is 12.2 Å². The van der Waals surface area contributed by atoms with Gasteiger partial charge in [-0.2, -0.15) is 0 Å². The van der Waals surface area contributed by atoms with Crippen molar-refractivity contribution in [3.05, 3.63) is 23.8 Å². The third-order valence-electron chi connectivity index (χ3n) is 3.28. The van der Waals surface area contributed by atoms with Gasteiger partial charge in [-0.25, -0.2) is 0 Å². The van der Waals surface area contributed by atoms with Gasteiger partial charge < -0.3 is 29.5 Å². The normalized spacial score (nSPS) is 13.4. The first-order valence-corrected chi connectivity index (χ1v) is 8.39. The Hall–Kier alpha value is -1.67. The van der Waals surface area contributed by atoms with Gasteiger partial charge in [-0.05, 0) is 38.8 Å². The van der Waals surface area contributed by atoms with Crippen molar-refractivity contribution in [3.63, 3.8) is 0 Å². The zero-order chi connectivity index (χ0) is 18.7. The molecule has 0 aliphatic rings. The molecule has 25 heavy (non-hydrogen) atoms. The van der Waals surface area contributed by atoms with Crippen LogP contribution in [0.1, 0.15) is 37.0 Å². The fraction of sp³-hybridized carbons (Fsp3) is 0.611. The smallest absolute Gasteiger partial charge is 0.167 e. The number of ketones is 1. The average Bonchev–Trinajstić information content (AvgIpc) is 2.54. The lowest BCUT2D eigenvalue weighted by Crippen LogP contribution is -2.24. The first-order valence-electron chi connectivity index (χ1n) is 8.39. The Morgan fingerprint density at radius 3 is 2.32 bits per heavy atom. The molecule has 142 valence electrons. The molecule has 0 aromatic heterocycles.